The molecule has 3 aromatic heterocycles. The van der Waals surface area contributed by atoms with Crippen molar-refractivity contribution in [1.29, 1.82) is 0 Å². The fourth-order valence-corrected chi connectivity index (χ4v) is 2.25. The van der Waals surface area contributed by atoms with Crippen LogP contribution >= 0.6 is 0 Å². The van der Waals surface area contributed by atoms with Crippen LogP contribution in [0.25, 0.3) is 34.4 Å². The number of hydrogen-bond acceptors (Lipinski definition) is 5. The lowest BCUT2D eigenvalue weighted by Gasteiger charge is -1.97. The van der Waals surface area contributed by atoms with E-state index in [-0.39, 0.29) is 0 Å². The summed E-state index contributed by atoms with van der Waals surface area (Å²) in [6.45, 7) is 2.01. The molecule has 0 fully saturated rings. The van der Waals surface area contributed by atoms with Gasteiger partial charge in [0.05, 0.1) is 6.26 Å². The maximum Gasteiger partial charge on any atom is 0.276 e. The van der Waals surface area contributed by atoms with Crippen LogP contribution in [0.15, 0.2) is 57.7 Å². The Morgan fingerprint density at radius 3 is 2.82 bits per heavy atom. The SMILES string of the molecule is Cc1ccccc1-c1noc(-c2cc(-c3ccco3)n[nH]2)n1. The third-order valence-corrected chi connectivity index (χ3v) is 3.39. The number of hydrogen-bond donors (Lipinski definition) is 1. The Balaban J connectivity index is 1.69. The zero-order chi connectivity index (χ0) is 14.9. The molecule has 1 aromatic carbocycles. The average Bonchev–Trinajstić information content (AvgIpc) is 3.27. The van der Waals surface area contributed by atoms with Gasteiger partial charge in [0.1, 0.15) is 11.4 Å². The molecule has 0 unspecified atom stereocenters. The number of aromatic amines is 1. The molecule has 6 nitrogen and oxygen atoms in total. The summed E-state index contributed by atoms with van der Waals surface area (Å²) < 4.78 is 10.6. The number of aromatic nitrogens is 4. The molecular weight excluding hydrogens is 280 g/mol. The fourth-order valence-electron chi connectivity index (χ4n) is 2.25. The number of aryl methyl sites for hydroxylation is 1. The summed E-state index contributed by atoms with van der Waals surface area (Å²) in [4.78, 5) is 4.43. The first-order valence-corrected chi connectivity index (χ1v) is 6.80. The summed E-state index contributed by atoms with van der Waals surface area (Å²) in [5.41, 5.74) is 3.38. The number of rotatable bonds is 3. The van der Waals surface area contributed by atoms with Gasteiger partial charge in [-0.05, 0) is 24.6 Å². The van der Waals surface area contributed by atoms with Crippen LogP contribution < -0.4 is 0 Å². The second-order valence-corrected chi connectivity index (χ2v) is 4.88. The van der Waals surface area contributed by atoms with Crippen molar-refractivity contribution >= 4 is 0 Å². The van der Waals surface area contributed by atoms with Crippen molar-refractivity contribution in [3.05, 3.63) is 54.3 Å². The van der Waals surface area contributed by atoms with Gasteiger partial charge in [-0.2, -0.15) is 10.1 Å². The Bertz CT molecular complexity index is 906. The first-order chi connectivity index (χ1) is 10.8. The van der Waals surface area contributed by atoms with Crippen LogP contribution in [0.5, 0.6) is 0 Å². The lowest BCUT2D eigenvalue weighted by Crippen LogP contribution is -1.84. The zero-order valence-corrected chi connectivity index (χ0v) is 11.8. The van der Waals surface area contributed by atoms with Crippen molar-refractivity contribution < 1.29 is 8.94 Å². The number of furan rings is 1. The molecule has 0 amide bonds. The highest BCUT2D eigenvalue weighted by atomic mass is 16.5. The normalized spacial score (nSPS) is 11.0. The van der Waals surface area contributed by atoms with Gasteiger partial charge in [-0.25, -0.2) is 0 Å². The number of nitrogens with one attached hydrogen (secondary N) is 1. The predicted octanol–water partition coefficient (Wildman–Crippen LogP) is 3.70. The highest BCUT2D eigenvalue weighted by Crippen LogP contribution is 2.26. The third kappa shape index (κ3) is 2.10. The molecule has 0 radical (unpaired) electrons. The van der Waals surface area contributed by atoms with Crippen molar-refractivity contribution in [2.24, 2.45) is 0 Å². The minimum absolute atomic E-state index is 0.392. The predicted molar refractivity (Wildman–Crippen MR) is 79.8 cm³/mol. The molecule has 0 bridgehead atoms. The van der Waals surface area contributed by atoms with Crippen LogP contribution in [-0.4, -0.2) is 20.3 Å². The Hall–Kier alpha value is -3.15. The van der Waals surface area contributed by atoms with Gasteiger partial charge < -0.3 is 8.94 Å². The van der Waals surface area contributed by atoms with Crippen LogP contribution in [0.1, 0.15) is 5.56 Å². The molecule has 4 rings (SSSR count). The fraction of sp³-hybridized carbons (Fsp3) is 0.0625. The van der Waals surface area contributed by atoms with Crippen molar-refractivity contribution in [1.82, 2.24) is 20.3 Å². The Kier molecular flexibility index (Phi) is 2.86. The lowest BCUT2D eigenvalue weighted by molar-refractivity contribution is 0.431. The van der Waals surface area contributed by atoms with E-state index in [9.17, 15) is 0 Å². The van der Waals surface area contributed by atoms with Crippen LogP contribution in [0.2, 0.25) is 0 Å². The highest BCUT2D eigenvalue weighted by Gasteiger charge is 2.15. The van der Waals surface area contributed by atoms with Crippen LogP contribution in [0.3, 0.4) is 0 Å². The summed E-state index contributed by atoms with van der Waals surface area (Å²) >= 11 is 0. The molecule has 0 atom stereocenters. The molecule has 0 spiro atoms. The van der Waals surface area contributed by atoms with Crippen molar-refractivity contribution in [2.75, 3.05) is 0 Å². The third-order valence-electron chi connectivity index (χ3n) is 3.39. The van der Waals surface area contributed by atoms with E-state index in [1.807, 2.05) is 49.4 Å². The summed E-state index contributed by atoms with van der Waals surface area (Å²) in [6.07, 6.45) is 1.60. The highest BCUT2D eigenvalue weighted by molar-refractivity contribution is 5.64. The van der Waals surface area contributed by atoms with Gasteiger partial charge in [0.2, 0.25) is 5.82 Å². The molecule has 0 aliphatic heterocycles. The Labute approximate surface area is 125 Å². The van der Waals surface area contributed by atoms with Crippen molar-refractivity contribution in [3.8, 4) is 34.4 Å². The second kappa shape index (κ2) is 5.00. The topological polar surface area (TPSA) is 80.7 Å². The molecule has 3 heterocycles. The molecule has 0 aliphatic carbocycles. The van der Waals surface area contributed by atoms with E-state index >= 15 is 0 Å². The standard InChI is InChI=1S/C16H12N4O2/c1-10-5-2-3-6-11(10)15-17-16(22-20-15)13-9-12(18-19-13)14-7-4-8-21-14/h2-9H,1H3,(H,18,19). The van der Waals surface area contributed by atoms with Gasteiger partial charge in [-0.1, -0.05) is 29.4 Å². The molecule has 1 N–H and O–H groups in total. The number of nitrogens with zero attached hydrogens (tertiary/aromatic N) is 3. The summed E-state index contributed by atoms with van der Waals surface area (Å²) in [5.74, 6) is 1.63. The minimum Gasteiger partial charge on any atom is -0.463 e. The van der Waals surface area contributed by atoms with Gasteiger partial charge >= 0.3 is 0 Å². The van der Waals surface area contributed by atoms with Gasteiger partial charge in [0.15, 0.2) is 5.76 Å². The summed E-state index contributed by atoms with van der Waals surface area (Å²) in [7, 11) is 0. The summed E-state index contributed by atoms with van der Waals surface area (Å²) in [6, 6.07) is 13.4. The van der Waals surface area contributed by atoms with Gasteiger partial charge in [0, 0.05) is 11.6 Å². The average molecular weight is 292 g/mol. The maximum atomic E-state index is 5.33. The molecule has 108 valence electrons. The van der Waals surface area contributed by atoms with Crippen LogP contribution in [0, 0.1) is 6.92 Å². The van der Waals surface area contributed by atoms with E-state index in [0.29, 0.717) is 28.9 Å². The molecule has 0 saturated carbocycles. The van der Waals surface area contributed by atoms with E-state index < -0.39 is 0 Å². The van der Waals surface area contributed by atoms with Crippen molar-refractivity contribution in [3.63, 3.8) is 0 Å². The van der Waals surface area contributed by atoms with E-state index in [2.05, 4.69) is 20.3 Å². The first kappa shape index (κ1) is 12.6. The Morgan fingerprint density at radius 2 is 2.00 bits per heavy atom. The quantitative estimate of drug-likeness (QED) is 0.622. The minimum atomic E-state index is 0.392. The van der Waals surface area contributed by atoms with Gasteiger partial charge in [0.25, 0.3) is 5.89 Å². The maximum absolute atomic E-state index is 5.33. The monoisotopic (exact) mass is 292 g/mol. The molecule has 0 saturated heterocycles. The van der Waals surface area contributed by atoms with Gasteiger partial charge in [-0.15, -0.1) is 0 Å². The van der Waals surface area contributed by atoms with E-state index in [0.717, 1.165) is 11.1 Å². The lowest BCUT2D eigenvalue weighted by atomic mass is 10.1. The first-order valence-electron chi connectivity index (χ1n) is 6.80. The molecule has 0 aliphatic rings. The zero-order valence-electron chi connectivity index (χ0n) is 11.8. The smallest absolute Gasteiger partial charge is 0.276 e. The number of H-pyrrole nitrogens is 1. The van der Waals surface area contributed by atoms with Crippen molar-refractivity contribution in [2.45, 2.75) is 6.92 Å². The summed E-state index contributed by atoms with van der Waals surface area (Å²) in [5, 5.41) is 11.1. The van der Waals surface area contributed by atoms with E-state index in [1.54, 1.807) is 6.26 Å². The molecule has 6 heteroatoms. The van der Waals surface area contributed by atoms with E-state index in [1.165, 1.54) is 0 Å². The van der Waals surface area contributed by atoms with Crippen LogP contribution in [0.4, 0.5) is 0 Å². The molecule has 4 aromatic rings. The van der Waals surface area contributed by atoms with Gasteiger partial charge in [-0.3, -0.25) is 5.10 Å². The van der Waals surface area contributed by atoms with Crippen LogP contribution in [-0.2, 0) is 0 Å². The largest absolute Gasteiger partial charge is 0.463 e. The Morgan fingerprint density at radius 1 is 1.09 bits per heavy atom. The molecule has 22 heavy (non-hydrogen) atoms. The molecular formula is C16H12N4O2. The van der Waals surface area contributed by atoms with E-state index in [4.69, 9.17) is 8.94 Å². The number of benzene rings is 1. The second-order valence-electron chi connectivity index (χ2n) is 4.88.